The number of nitrogens with zero attached hydrogens (tertiary/aromatic N) is 2. The fourth-order valence-corrected chi connectivity index (χ4v) is 6.71. The topological polar surface area (TPSA) is 7.76 Å². The van der Waals surface area contributed by atoms with Crippen molar-refractivity contribution in [1.82, 2.24) is 0 Å². The molecule has 0 bridgehead atoms. The van der Waals surface area contributed by atoms with Crippen molar-refractivity contribution in [2.45, 2.75) is 44.7 Å². The predicted octanol–water partition coefficient (Wildman–Crippen LogP) is 7.25. The fourth-order valence-electron chi connectivity index (χ4n) is 6.71. The molecule has 0 amide bonds. The summed E-state index contributed by atoms with van der Waals surface area (Å²) in [5, 5.41) is 0. The number of aryl methyl sites for hydroxylation is 3. The van der Waals surface area contributed by atoms with Crippen LogP contribution in [0.4, 0.5) is 0 Å². The highest BCUT2D eigenvalue weighted by atomic mass is 15.0. The summed E-state index contributed by atoms with van der Waals surface area (Å²) in [5.74, 6) is 0.484. The molecule has 2 unspecified atom stereocenters. The average Bonchev–Trinajstić information content (AvgIpc) is 2.95. The summed E-state index contributed by atoms with van der Waals surface area (Å²) in [5.41, 5.74) is 12.3. The lowest BCUT2D eigenvalue weighted by molar-refractivity contribution is -0.723. The van der Waals surface area contributed by atoms with E-state index in [4.69, 9.17) is 0 Å². The number of fused-ring (bicyclic) bond motifs is 9. The van der Waals surface area contributed by atoms with Crippen LogP contribution in [0.2, 0.25) is 0 Å². The van der Waals surface area contributed by atoms with Crippen molar-refractivity contribution in [3.63, 3.8) is 0 Å². The minimum absolute atomic E-state index is 0.451. The van der Waals surface area contributed by atoms with Crippen LogP contribution < -0.4 is 9.13 Å². The molecule has 37 heavy (non-hydrogen) atoms. The number of hydrogen-bond donors (Lipinski definition) is 0. The standard InChI is InChI=1S/C35H32N2/c1-25-10-2-4-12-28(25)27-19-22-36-23-20-32-30-14-6-7-15-31(30)33-16-8-9-21-37(33)34(32)18-17-26-11-3-5-13-29(26)35(36)24-27/h2-16,19,21-22,24,32,34H,17-18,20,23H2,1H3/q+2. The summed E-state index contributed by atoms with van der Waals surface area (Å²) in [6.45, 7) is 3.20. The average molecular weight is 481 g/mol. The van der Waals surface area contributed by atoms with Gasteiger partial charge in [-0.1, -0.05) is 60.7 Å². The van der Waals surface area contributed by atoms with Gasteiger partial charge in [-0.05, 0) is 59.4 Å². The van der Waals surface area contributed by atoms with E-state index in [2.05, 4.69) is 132 Å². The minimum atomic E-state index is 0.451. The largest absolute Gasteiger partial charge is 0.213 e. The second-order valence-electron chi connectivity index (χ2n) is 10.5. The van der Waals surface area contributed by atoms with Crippen LogP contribution in [0, 0.1) is 6.92 Å². The molecular weight excluding hydrogens is 448 g/mol. The Hall–Kier alpha value is -4.04. The van der Waals surface area contributed by atoms with E-state index < -0.39 is 0 Å². The lowest BCUT2D eigenvalue weighted by Crippen LogP contribution is -2.49. The van der Waals surface area contributed by atoms with Crippen LogP contribution in [0.1, 0.15) is 41.5 Å². The first-order valence-corrected chi connectivity index (χ1v) is 13.6. The van der Waals surface area contributed by atoms with E-state index in [0.29, 0.717) is 12.0 Å². The number of aromatic nitrogens is 2. The molecule has 2 aromatic heterocycles. The van der Waals surface area contributed by atoms with Crippen LogP contribution in [-0.4, -0.2) is 0 Å². The molecule has 7 rings (SSSR count). The van der Waals surface area contributed by atoms with Crippen molar-refractivity contribution < 1.29 is 9.13 Å². The van der Waals surface area contributed by atoms with Gasteiger partial charge in [0.25, 0.3) is 0 Å². The molecule has 0 saturated carbocycles. The first-order valence-electron chi connectivity index (χ1n) is 13.6. The normalized spacial score (nSPS) is 18.0. The Bertz CT molecular complexity index is 1620. The zero-order valence-electron chi connectivity index (χ0n) is 21.3. The molecule has 5 aromatic rings. The van der Waals surface area contributed by atoms with Crippen LogP contribution in [0.25, 0.3) is 33.6 Å². The van der Waals surface area contributed by atoms with Gasteiger partial charge >= 0.3 is 0 Å². The molecule has 3 aromatic carbocycles. The van der Waals surface area contributed by atoms with Crippen LogP contribution in [0.3, 0.4) is 0 Å². The van der Waals surface area contributed by atoms with Gasteiger partial charge in [-0.2, -0.15) is 9.13 Å². The quantitative estimate of drug-likeness (QED) is 0.223. The van der Waals surface area contributed by atoms with Gasteiger partial charge in [0.1, 0.15) is 6.54 Å². The van der Waals surface area contributed by atoms with E-state index in [1.807, 2.05) is 0 Å². The Morgan fingerprint density at radius 3 is 2.30 bits per heavy atom. The summed E-state index contributed by atoms with van der Waals surface area (Å²) < 4.78 is 5.06. The highest BCUT2D eigenvalue weighted by Gasteiger charge is 2.40. The Morgan fingerprint density at radius 2 is 1.41 bits per heavy atom. The maximum Gasteiger partial charge on any atom is 0.213 e. The third-order valence-electron chi connectivity index (χ3n) is 8.52. The van der Waals surface area contributed by atoms with Gasteiger partial charge in [-0.25, -0.2) is 0 Å². The van der Waals surface area contributed by atoms with Crippen molar-refractivity contribution in [3.05, 3.63) is 132 Å². The van der Waals surface area contributed by atoms with E-state index in [1.165, 1.54) is 50.3 Å². The Labute approximate surface area is 219 Å². The van der Waals surface area contributed by atoms with Gasteiger partial charge < -0.3 is 0 Å². The summed E-state index contributed by atoms with van der Waals surface area (Å²) in [6.07, 6.45) is 7.94. The summed E-state index contributed by atoms with van der Waals surface area (Å²) >= 11 is 0. The molecule has 0 saturated heterocycles. The highest BCUT2D eigenvalue weighted by molar-refractivity contribution is 5.72. The summed E-state index contributed by atoms with van der Waals surface area (Å²) in [7, 11) is 0. The molecule has 180 valence electrons. The molecule has 2 heteroatoms. The van der Waals surface area contributed by atoms with E-state index in [1.54, 1.807) is 0 Å². The van der Waals surface area contributed by atoms with Crippen LogP contribution in [-0.2, 0) is 13.0 Å². The number of hydrogen-bond acceptors (Lipinski definition) is 0. The van der Waals surface area contributed by atoms with Crippen molar-refractivity contribution in [3.8, 4) is 33.6 Å². The van der Waals surface area contributed by atoms with Crippen molar-refractivity contribution in [1.29, 1.82) is 0 Å². The monoisotopic (exact) mass is 480 g/mol. The van der Waals surface area contributed by atoms with Gasteiger partial charge in [0.15, 0.2) is 18.4 Å². The first kappa shape index (κ1) is 22.2. The van der Waals surface area contributed by atoms with Gasteiger partial charge in [-0.15, -0.1) is 0 Å². The first-order chi connectivity index (χ1) is 18.3. The van der Waals surface area contributed by atoms with E-state index in [9.17, 15) is 0 Å². The lowest BCUT2D eigenvalue weighted by atomic mass is 9.78. The van der Waals surface area contributed by atoms with E-state index in [-0.39, 0.29) is 0 Å². The van der Waals surface area contributed by atoms with Crippen LogP contribution in [0.5, 0.6) is 0 Å². The Balaban J connectivity index is 1.38. The van der Waals surface area contributed by atoms with Crippen LogP contribution >= 0.6 is 0 Å². The number of benzene rings is 3. The molecule has 4 heterocycles. The van der Waals surface area contributed by atoms with E-state index in [0.717, 1.165) is 25.8 Å². The maximum atomic E-state index is 2.56. The Morgan fingerprint density at radius 1 is 0.649 bits per heavy atom. The second kappa shape index (κ2) is 9.12. The Kier molecular flexibility index (Phi) is 5.47. The van der Waals surface area contributed by atoms with Crippen molar-refractivity contribution in [2.24, 2.45) is 0 Å². The zero-order valence-corrected chi connectivity index (χ0v) is 21.3. The molecule has 0 aliphatic carbocycles. The van der Waals surface area contributed by atoms with Gasteiger partial charge in [-0.3, -0.25) is 0 Å². The predicted molar refractivity (Wildman–Crippen MR) is 149 cm³/mol. The van der Waals surface area contributed by atoms with Gasteiger partial charge in [0, 0.05) is 48.2 Å². The van der Waals surface area contributed by atoms with Crippen molar-refractivity contribution in [2.75, 3.05) is 0 Å². The fraction of sp³-hybridized carbons (Fsp3) is 0.200. The highest BCUT2D eigenvalue weighted by Crippen LogP contribution is 2.42. The molecule has 0 fully saturated rings. The minimum Gasteiger partial charge on any atom is -0.198 e. The SMILES string of the molecule is Cc1ccccc1-c1cc[n+]2c(c1)-c1ccccc1CCC1C(CC2)c2ccccc2-c2cccc[n+]21. The summed E-state index contributed by atoms with van der Waals surface area (Å²) in [6, 6.07) is 38.7. The van der Waals surface area contributed by atoms with Gasteiger partial charge in [0.2, 0.25) is 11.4 Å². The second-order valence-corrected chi connectivity index (χ2v) is 10.5. The maximum absolute atomic E-state index is 2.56. The molecule has 2 nitrogen and oxygen atoms in total. The molecule has 0 radical (unpaired) electrons. The zero-order chi connectivity index (χ0) is 24.8. The molecule has 2 aliphatic rings. The molecule has 2 atom stereocenters. The number of rotatable bonds is 1. The summed E-state index contributed by atoms with van der Waals surface area (Å²) in [4.78, 5) is 0. The third kappa shape index (κ3) is 3.79. The smallest absolute Gasteiger partial charge is 0.198 e. The number of pyridine rings is 2. The van der Waals surface area contributed by atoms with Crippen molar-refractivity contribution >= 4 is 0 Å². The van der Waals surface area contributed by atoms with Gasteiger partial charge in [0.05, 0.1) is 5.92 Å². The molecule has 0 spiro atoms. The van der Waals surface area contributed by atoms with E-state index >= 15 is 0 Å². The van der Waals surface area contributed by atoms with Crippen LogP contribution in [0.15, 0.2) is 116 Å². The molecule has 2 aliphatic heterocycles. The lowest BCUT2D eigenvalue weighted by Gasteiger charge is -2.31. The third-order valence-corrected chi connectivity index (χ3v) is 8.52. The molecule has 0 N–H and O–H groups in total. The molecular formula is C35H32N2+2.